The van der Waals surface area contributed by atoms with Gasteiger partial charge >= 0.3 is 0 Å². The predicted octanol–water partition coefficient (Wildman–Crippen LogP) is 1.85. The number of methoxy groups -OCH3 is 1. The second kappa shape index (κ2) is 4.52. The summed E-state index contributed by atoms with van der Waals surface area (Å²) in [6.07, 6.45) is 2.65. The van der Waals surface area contributed by atoms with Gasteiger partial charge in [-0.25, -0.2) is 0 Å². The number of carbonyl (C=O) groups is 2. The summed E-state index contributed by atoms with van der Waals surface area (Å²) in [5, 5.41) is 0. The average molecular weight is 327 g/mol. The fraction of sp³-hybridized carbons (Fsp3) is 0.579. The largest absolute Gasteiger partial charge is 0.493 e. The van der Waals surface area contributed by atoms with E-state index < -0.39 is 6.10 Å². The van der Waals surface area contributed by atoms with Crippen molar-refractivity contribution in [2.75, 3.05) is 13.7 Å². The first-order valence-electron chi connectivity index (χ1n) is 8.75. The highest BCUT2D eigenvalue weighted by Crippen LogP contribution is 2.63. The van der Waals surface area contributed by atoms with Gasteiger partial charge in [0.1, 0.15) is 0 Å². The van der Waals surface area contributed by atoms with Gasteiger partial charge in [0.15, 0.2) is 23.4 Å². The van der Waals surface area contributed by atoms with Crippen LogP contribution in [0.3, 0.4) is 0 Å². The van der Waals surface area contributed by atoms with E-state index in [1.165, 1.54) is 11.1 Å². The van der Waals surface area contributed by atoms with E-state index in [1.54, 1.807) is 14.0 Å². The number of carbonyl (C=O) groups excluding carboxylic acids is 2. The van der Waals surface area contributed by atoms with Crippen molar-refractivity contribution in [2.45, 2.75) is 50.2 Å². The van der Waals surface area contributed by atoms with Crippen LogP contribution in [0.25, 0.3) is 0 Å². The van der Waals surface area contributed by atoms with Crippen LogP contribution in [0.1, 0.15) is 37.3 Å². The molecule has 2 heterocycles. The zero-order valence-electron chi connectivity index (χ0n) is 14.0. The molecule has 5 rings (SSSR count). The maximum absolute atomic E-state index is 12.7. The summed E-state index contributed by atoms with van der Waals surface area (Å²) in [5.74, 6) is 2.14. The molecule has 0 radical (unpaired) electrons. The normalized spacial score (nSPS) is 35.3. The van der Waals surface area contributed by atoms with Crippen LogP contribution in [0.5, 0.6) is 11.5 Å². The van der Waals surface area contributed by atoms with E-state index in [-0.39, 0.29) is 23.1 Å². The number of hydrogen-bond acceptors (Lipinski definition) is 4. The molecule has 2 bridgehead atoms. The van der Waals surface area contributed by atoms with Gasteiger partial charge in [0.05, 0.1) is 12.5 Å². The van der Waals surface area contributed by atoms with Crippen molar-refractivity contribution >= 4 is 11.7 Å². The summed E-state index contributed by atoms with van der Waals surface area (Å²) < 4.78 is 11.7. The van der Waals surface area contributed by atoms with Crippen molar-refractivity contribution < 1.29 is 19.1 Å². The Labute approximate surface area is 140 Å². The van der Waals surface area contributed by atoms with Crippen LogP contribution < -0.4 is 9.47 Å². The highest BCUT2D eigenvalue weighted by atomic mass is 16.5. The number of likely N-dealkylation sites (tertiary alicyclic amines) is 1. The van der Waals surface area contributed by atoms with E-state index >= 15 is 0 Å². The summed E-state index contributed by atoms with van der Waals surface area (Å²) in [7, 11) is 1.64. The van der Waals surface area contributed by atoms with Crippen LogP contribution in [0.15, 0.2) is 12.1 Å². The lowest BCUT2D eigenvalue weighted by Crippen LogP contribution is -2.66. The molecule has 1 saturated heterocycles. The van der Waals surface area contributed by atoms with Gasteiger partial charge in [-0.05, 0) is 36.8 Å². The Balaban J connectivity index is 1.77. The van der Waals surface area contributed by atoms with E-state index in [1.807, 2.05) is 11.0 Å². The minimum Gasteiger partial charge on any atom is -0.493 e. The molecule has 0 aromatic heterocycles. The Morgan fingerprint density at radius 2 is 2.25 bits per heavy atom. The molecule has 1 saturated carbocycles. The molecule has 2 fully saturated rings. The molecule has 1 spiro atoms. The molecular formula is C19H21NO4. The first kappa shape index (κ1) is 14.3. The fourth-order valence-corrected chi connectivity index (χ4v) is 5.87. The molecular weight excluding hydrogens is 306 g/mol. The molecule has 3 unspecified atom stereocenters. The Hall–Kier alpha value is -2.04. The second-order valence-corrected chi connectivity index (χ2v) is 7.51. The van der Waals surface area contributed by atoms with Gasteiger partial charge in [0.25, 0.3) is 0 Å². The molecule has 1 aromatic rings. The van der Waals surface area contributed by atoms with E-state index in [4.69, 9.17) is 9.47 Å². The van der Waals surface area contributed by atoms with Crippen LogP contribution in [0, 0.1) is 5.92 Å². The maximum atomic E-state index is 12.7. The SMILES string of the molecule is COc1ccc2c3c1O[C@H]1C(=O)CCC4C(C2)N(C(C)=O)CCC341. The van der Waals surface area contributed by atoms with Gasteiger partial charge in [-0.1, -0.05) is 6.07 Å². The van der Waals surface area contributed by atoms with Gasteiger partial charge < -0.3 is 14.4 Å². The zero-order chi connectivity index (χ0) is 16.6. The first-order valence-corrected chi connectivity index (χ1v) is 8.75. The Kier molecular flexibility index (Phi) is 2.70. The lowest BCUT2D eigenvalue weighted by Gasteiger charge is -2.57. The topological polar surface area (TPSA) is 55.8 Å². The highest BCUT2D eigenvalue weighted by Gasteiger charge is 2.66. The minimum atomic E-state index is -0.404. The van der Waals surface area contributed by atoms with Crippen LogP contribution in [0.4, 0.5) is 0 Å². The first-order chi connectivity index (χ1) is 11.6. The number of rotatable bonds is 1. The third kappa shape index (κ3) is 1.47. The Bertz CT molecular complexity index is 773. The summed E-state index contributed by atoms with van der Waals surface area (Å²) in [6, 6.07) is 4.21. The second-order valence-electron chi connectivity index (χ2n) is 7.51. The molecule has 5 heteroatoms. The molecule has 0 N–H and O–H groups in total. The number of benzene rings is 1. The van der Waals surface area contributed by atoms with E-state index in [9.17, 15) is 9.59 Å². The summed E-state index contributed by atoms with van der Waals surface area (Å²) in [4.78, 5) is 26.9. The molecule has 2 aliphatic carbocycles. The van der Waals surface area contributed by atoms with Gasteiger partial charge in [-0.2, -0.15) is 0 Å². The standard InChI is InChI=1S/C19H21NO4/c1-10(21)20-8-7-19-12-4-5-14(22)18(19)24-17-15(23-2)6-3-11(16(17)19)9-13(12)20/h3,6,12-13,18H,4-5,7-9H2,1-2H3/t12?,13?,18-,19?/m0/s1. The molecule has 1 aromatic carbocycles. The highest BCUT2D eigenvalue weighted by molar-refractivity contribution is 5.89. The lowest BCUT2D eigenvalue weighted by molar-refractivity contribution is -0.146. The number of ketones is 1. The van der Waals surface area contributed by atoms with Gasteiger partial charge in [0.2, 0.25) is 5.91 Å². The number of hydrogen-bond donors (Lipinski definition) is 0. The molecule has 1 amide bonds. The predicted molar refractivity (Wildman–Crippen MR) is 86.3 cm³/mol. The van der Waals surface area contributed by atoms with Gasteiger partial charge in [-0.15, -0.1) is 0 Å². The van der Waals surface area contributed by atoms with E-state index in [0.717, 1.165) is 30.8 Å². The van der Waals surface area contributed by atoms with Crippen molar-refractivity contribution in [3.8, 4) is 11.5 Å². The molecule has 4 atom stereocenters. The molecule has 126 valence electrons. The third-order valence-corrected chi connectivity index (χ3v) is 6.72. The fourth-order valence-electron chi connectivity index (χ4n) is 5.87. The van der Waals surface area contributed by atoms with Gasteiger partial charge in [-0.3, -0.25) is 9.59 Å². The summed E-state index contributed by atoms with van der Waals surface area (Å²) in [5.41, 5.74) is 2.16. The van der Waals surface area contributed by atoms with Gasteiger partial charge in [0, 0.05) is 31.5 Å². The number of amides is 1. The van der Waals surface area contributed by atoms with Crippen molar-refractivity contribution in [2.24, 2.45) is 5.92 Å². The van der Waals surface area contributed by atoms with E-state index in [2.05, 4.69) is 6.07 Å². The Morgan fingerprint density at radius 1 is 1.42 bits per heavy atom. The molecule has 2 aliphatic heterocycles. The minimum absolute atomic E-state index is 0.138. The number of piperidine rings is 1. The van der Waals surface area contributed by atoms with Crippen LogP contribution in [-0.2, 0) is 21.4 Å². The van der Waals surface area contributed by atoms with E-state index in [0.29, 0.717) is 18.9 Å². The molecule has 4 aliphatic rings. The van der Waals surface area contributed by atoms with Crippen LogP contribution >= 0.6 is 0 Å². The number of nitrogens with zero attached hydrogens (tertiary/aromatic N) is 1. The zero-order valence-corrected chi connectivity index (χ0v) is 14.0. The van der Waals surface area contributed by atoms with Crippen LogP contribution in [0.2, 0.25) is 0 Å². The quantitative estimate of drug-likeness (QED) is 0.790. The third-order valence-electron chi connectivity index (χ3n) is 6.72. The van der Waals surface area contributed by atoms with Crippen molar-refractivity contribution in [3.63, 3.8) is 0 Å². The van der Waals surface area contributed by atoms with Crippen molar-refractivity contribution in [1.82, 2.24) is 4.90 Å². The summed E-state index contributed by atoms with van der Waals surface area (Å²) >= 11 is 0. The lowest BCUT2D eigenvalue weighted by atomic mass is 9.51. The average Bonchev–Trinajstić information content (AvgIpc) is 2.90. The molecule has 5 nitrogen and oxygen atoms in total. The van der Waals surface area contributed by atoms with Crippen molar-refractivity contribution in [3.05, 3.63) is 23.3 Å². The van der Waals surface area contributed by atoms with Crippen LogP contribution in [-0.4, -0.2) is 42.4 Å². The number of Topliss-reactive ketones (excluding diaryl/α,β-unsaturated/α-hetero) is 1. The maximum Gasteiger partial charge on any atom is 0.219 e. The van der Waals surface area contributed by atoms with Crippen molar-refractivity contribution in [1.29, 1.82) is 0 Å². The smallest absolute Gasteiger partial charge is 0.219 e. The molecule has 24 heavy (non-hydrogen) atoms. The summed E-state index contributed by atoms with van der Waals surface area (Å²) in [6.45, 7) is 2.36. The number of ether oxygens (including phenoxy) is 2. The monoisotopic (exact) mass is 327 g/mol. The Morgan fingerprint density at radius 3 is 3.00 bits per heavy atom.